The van der Waals surface area contributed by atoms with Gasteiger partial charge >= 0.3 is 5.97 Å². The van der Waals surface area contributed by atoms with Gasteiger partial charge in [0.25, 0.3) is 0 Å². The number of rotatable bonds is 14. The highest BCUT2D eigenvalue weighted by molar-refractivity contribution is 5.90. The van der Waals surface area contributed by atoms with E-state index in [4.69, 9.17) is 9.84 Å². The molecule has 0 aliphatic rings. The van der Waals surface area contributed by atoms with Gasteiger partial charge in [0.15, 0.2) is 0 Å². The monoisotopic (exact) mass is 571 g/mol. The third-order valence-corrected chi connectivity index (χ3v) is 7.17. The van der Waals surface area contributed by atoms with Gasteiger partial charge in [-0.25, -0.2) is 0 Å². The number of amides is 1. The number of aliphatic carboxylic acids is 1. The van der Waals surface area contributed by atoms with E-state index in [1.54, 1.807) is 4.90 Å². The van der Waals surface area contributed by atoms with Gasteiger partial charge in [0, 0.05) is 25.6 Å². The summed E-state index contributed by atoms with van der Waals surface area (Å²) in [6.07, 6.45) is 3.15. The number of carboxylic acids is 1. The lowest BCUT2D eigenvalue weighted by molar-refractivity contribution is -0.136. The molecule has 0 saturated carbocycles. The van der Waals surface area contributed by atoms with Crippen molar-refractivity contribution in [3.05, 3.63) is 89.0 Å². The predicted molar refractivity (Wildman–Crippen MR) is 170 cm³/mol. The van der Waals surface area contributed by atoms with Gasteiger partial charge in [0.05, 0.1) is 19.6 Å². The van der Waals surface area contributed by atoms with Crippen LogP contribution in [0.3, 0.4) is 0 Å². The van der Waals surface area contributed by atoms with E-state index in [0.29, 0.717) is 37.4 Å². The van der Waals surface area contributed by atoms with E-state index in [-0.39, 0.29) is 11.8 Å². The minimum absolute atomic E-state index is 0.0839. The molecule has 0 saturated heterocycles. The van der Waals surface area contributed by atoms with Crippen LogP contribution in [-0.2, 0) is 34.4 Å². The fourth-order valence-corrected chi connectivity index (χ4v) is 4.85. The van der Waals surface area contributed by atoms with Crippen LogP contribution in [-0.4, -0.2) is 53.4 Å². The zero-order valence-corrected chi connectivity index (χ0v) is 25.9. The van der Waals surface area contributed by atoms with Crippen LogP contribution < -0.4 is 4.74 Å². The minimum Gasteiger partial charge on any atom is -0.494 e. The maximum Gasteiger partial charge on any atom is 0.307 e. The first-order valence-corrected chi connectivity index (χ1v) is 14.7. The smallest absolute Gasteiger partial charge is 0.307 e. The van der Waals surface area contributed by atoms with E-state index in [9.17, 15) is 14.7 Å². The first-order valence-electron chi connectivity index (χ1n) is 14.7. The molecule has 0 fully saturated rings. The van der Waals surface area contributed by atoms with Crippen LogP contribution in [0.2, 0.25) is 0 Å². The molecule has 0 atom stereocenters. The Hall–Kier alpha value is -4.13. The summed E-state index contributed by atoms with van der Waals surface area (Å²) in [4.78, 5) is 24.8. The Kier molecular flexibility index (Phi) is 11.7. The third-order valence-electron chi connectivity index (χ3n) is 7.17. The number of carboxylic acid groups (broad SMARTS) is 1. The minimum atomic E-state index is -0.886. The van der Waals surface area contributed by atoms with Crippen LogP contribution >= 0.6 is 0 Å². The standard InChI is InChI=1S/C35H45N3O4/c1-7-38(25-39)33(36-37(6)24-27-14-19-31(20-15-27)35(3,4)5)11-9-10-26-12-16-28(17-13-26)29-18-21-32(42-8-2)30(22-29)23-34(40)41/h12-22,25H,7-11,23-24H2,1-6H3,(H,40,41)/b36-33-. The first kappa shape index (κ1) is 32.4. The van der Waals surface area contributed by atoms with Crippen molar-refractivity contribution in [3.63, 3.8) is 0 Å². The Balaban J connectivity index is 1.65. The summed E-state index contributed by atoms with van der Waals surface area (Å²) in [5, 5.41) is 16.0. The number of benzene rings is 3. The number of hydrogen-bond acceptors (Lipinski definition) is 5. The molecule has 3 rings (SSSR count). The summed E-state index contributed by atoms with van der Waals surface area (Å²) in [5.74, 6) is 0.486. The first-order chi connectivity index (χ1) is 20.0. The molecule has 0 aromatic heterocycles. The highest BCUT2D eigenvalue weighted by Crippen LogP contribution is 2.28. The Morgan fingerprint density at radius 1 is 0.952 bits per heavy atom. The number of aryl methyl sites for hydroxylation is 1. The Labute approximate surface area is 250 Å². The lowest BCUT2D eigenvalue weighted by Gasteiger charge is -2.22. The van der Waals surface area contributed by atoms with Gasteiger partial charge in [-0.05, 0) is 72.1 Å². The molecule has 1 amide bonds. The third kappa shape index (κ3) is 9.47. The number of hydrogen-bond donors (Lipinski definition) is 1. The number of carbonyl (C=O) groups excluding carboxylic acids is 1. The van der Waals surface area contributed by atoms with Gasteiger partial charge in [-0.3, -0.25) is 14.6 Å². The Bertz CT molecular complexity index is 1340. The quantitative estimate of drug-likeness (QED) is 0.0983. The van der Waals surface area contributed by atoms with E-state index in [1.807, 2.05) is 44.1 Å². The van der Waals surface area contributed by atoms with Crippen molar-refractivity contribution in [1.82, 2.24) is 9.91 Å². The SMILES string of the molecule is CCOc1ccc(-c2ccc(CCC/C(=N/N(C)Cc3ccc(C(C)(C)C)cc3)N(C=O)CC)cc2)cc1CC(=O)O. The molecule has 7 nitrogen and oxygen atoms in total. The van der Waals surface area contributed by atoms with Gasteiger partial charge in [0.2, 0.25) is 6.41 Å². The molecule has 0 spiro atoms. The van der Waals surface area contributed by atoms with Crippen molar-refractivity contribution >= 4 is 18.2 Å². The second kappa shape index (κ2) is 15.2. The van der Waals surface area contributed by atoms with Crippen molar-refractivity contribution < 1.29 is 19.4 Å². The average Bonchev–Trinajstić information content (AvgIpc) is 2.94. The molecule has 7 heteroatoms. The highest BCUT2D eigenvalue weighted by atomic mass is 16.5. The van der Waals surface area contributed by atoms with Crippen molar-refractivity contribution in [3.8, 4) is 16.9 Å². The molecular weight excluding hydrogens is 526 g/mol. The van der Waals surface area contributed by atoms with Crippen LogP contribution in [0.4, 0.5) is 0 Å². The van der Waals surface area contributed by atoms with Gasteiger partial charge in [0.1, 0.15) is 11.6 Å². The molecule has 224 valence electrons. The predicted octanol–water partition coefficient (Wildman–Crippen LogP) is 6.92. The largest absolute Gasteiger partial charge is 0.494 e. The fourth-order valence-electron chi connectivity index (χ4n) is 4.85. The fraction of sp³-hybridized carbons (Fsp3) is 0.400. The van der Waals surface area contributed by atoms with E-state index < -0.39 is 5.97 Å². The number of amidine groups is 1. The van der Waals surface area contributed by atoms with Crippen molar-refractivity contribution in [2.24, 2.45) is 5.10 Å². The number of nitrogens with zero attached hydrogens (tertiary/aromatic N) is 3. The summed E-state index contributed by atoms with van der Waals surface area (Å²) < 4.78 is 5.61. The summed E-state index contributed by atoms with van der Waals surface area (Å²) in [6.45, 7) is 12.2. The van der Waals surface area contributed by atoms with Crippen LogP contribution in [0.25, 0.3) is 11.1 Å². The topological polar surface area (TPSA) is 82.4 Å². The lowest BCUT2D eigenvalue weighted by Crippen LogP contribution is -2.31. The van der Waals surface area contributed by atoms with Gasteiger partial charge in [-0.2, -0.15) is 5.10 Å². The zero-order valence-electron chi connectivity index (χ0n) is 25.9. The summed E-state index contributed by atoms with van der Waals surface area (Å²) in [7, 11) is 1.94. The molecule has 3 aromatic carbocycles. The van der Waals surface area contributed by atoms with E-state index in [2.05, 4.69) is 69.3 Å². The van der Waals surface area contributed by atoms with E-state index in [1.165, 1.54) is 16.7 Å². The number of ether oxygens (including phenoxy) is 1. The molecule has 42 heavy (non-hydrogen) atoms. The second-order valence-corrected chi connectivity index (χ2v) is 11.5. The zero-order chi connectivity index (χ0) is 30.7. The van der Waals surface area contributed by atoms with E-state index >= 15 is 0 Å². The molecular formula is C35H45N3O4. The maximum absolute atomic E-state index is 11.8. The summed E-state index contributed by atoms with van der Waals surface area (Å²) in [6, 6.07) is 22.7. The molecule has 0 bridgehead atoms. The van der Waals surface area contributed by atoms with Crippen molar-refractivity contribution in [1.29, 1.82) is 0 Å². The van der Waals surface area contributed by atoms with Crippen LogP contribution in [0, 0.1) is 0 Å². The molecule has 0 radical (unpaired) electrons. The Morgan fingerprint density at radius 3 is 2.17 bits per heavy atom. The molecule has 0 heterocycles. The maximum atomic E-state index is 11.8. The van der Waals surface area contributed by atoms with Gasteiger partial charge in [-0.15, -0.1) is 0 Å². The number of hydrazone groups is 1. The number of carbonyl (C=O) groups is 2. The van der Waals surface area contributed by atoms with Gasteiger partial charge < -0.3 is 14.7 Å². The molecule has 0 aliphatic carbocycles. The molecule has 3 aromatic rings. The normalized spacial score (nSPS) is 11.7. The second-order valence-electron chi connectivity index (χ2n) is 11.5. The molecule has 1 N–H and O–H groups in total. The summed E-state index contributed by atoms with van der Waals surface area (Å²) in [5.41, 5.74) is 6.42. The van der Waals surface area contributed by atoms with Crippen molar-refractivity contribution in [2.75, 3.05) is 20.2 Å². The lowest BCUT2D eigenvalue weighted by atomic mass is 9.87. The van der Waals surface area contributed by atoms with Crippen LogP contribution in [0.1, 0.15) is 69.7 Å². The highest BCUT2D eigenvalue weighted by Gasteiger charge is 2.14. The van der Waals surface area contributed by atoms with Gasteiger partial charge in [-0.1, -0.05) is 75.4 Å². The van der Waals surface area contributed by atoms with Crippen LogP contribution in [0.15, 0.2) is 71.8 Å². The van der Waals surface area contributed by atoms with Crippen LogP contribution in [0.5, 0.6) is 5.75 Å². The molecule has 0 aliphatic heterocycles. The summed E-state index contributed by atoms with van der Waals surface area (Å²) >= 11 is 0. The average molecular weight is 572 g/mol. The van der Waals surface area contributed by atoms with E-state index in [0.717, 1.165) is 36.2 Å². The molecule has 0 unspecified atom stereocenters. The van der Waals surface area contributed by atoms with Crippen molar-refractivity contribution in [2.45, 2.75) is 72.3 Å². The Morgan fingerprint density at radius 2 is 1.60 bits per heavy atom.